The Morgan fingerprint density at radius 2 is 2.00 bits per heavy atom. The van der Waals surface area contributed by atoms with E-state index in [2.05, 4.69) is 28.6 Å². The third kappa shape index (κ3) is 5.05. The maximum absolute atomic E-state index is 11.6. The Kier molecular flexibility index (Phi) is 6.14. The first kappa shape index (κ1) is 16.4. The van der Waals surface area contributed by atoms with Gasteiger partial charge in [-0.25, -0.2) is 9.78 Å². The van der Waals surface area contributed by atoms with Crippen molar-refractivity contribution in [3.05, 3.63) is 16.1 Å². The highest BCUT2D eigenvalue weighted by Gasteiger charge is 2.19. The lowest BCUT2D eigenvalue weighted by Crippen LogP contribution is -2.46. The second-order valence-electron chi connectivity index (χ2n) is 5.84. The molecular formula is C15H25N3O2S. The van der Waals surface area contributed by atoms with Crippen LogP contribution in [-0.2, 0) is 11.3 Å². The monoisotopic (exact) mass is 311 g/mol. The van der Waals surface area contributed by atoms with E-state index in [0.29, 0.717) is 11.6 Å². The van der Waals surface area contributed by atoms with Gasteiger partial charge < -0.3 is 9.64 Å². The predicted octanol–water partition coefficient (Wildman–Crippen LogP) is 2.09. The first-order chi connectivity index (χ1) is 10.1. The van der Waals surface area contributed by atoms with Gasteiger partial charge in [0, 0.05) is 44.6 Å². The Hall–Kier alpha value is -0.980. The minimum absolute atomic E-state index is 0.310. The Morgan fingerprint density at radius 3 is 2.62 bits per heavy atom. The van der Waals surface area contributed by atoms with Crippen LogP contribution in [0.5, 0.6) is 0 Å². The first-order valence-electron chi connectivity index (χ1n) is 7.64. The van der Waals surface area contributed by atoms with E-state index < -0.39 is 0 Å². The van der Waals surface area contributed by atoms with Crippen LogP contribution in [0.4, 0.5) is 0 Å². The molecule has 0 amide bonds. The normalized spacial score (nSPS) is 17.3. The van der Waals surface area contributed by atoms with Crippen molar-refractivity contribution in [3.8, 4) is 0 Å². The number of carbonyl (C=O) groups is 1. The molecule has 1 aromatic rings. The Labute approximate surface area is 130 Å². The lowest BCUT2D eigenvalue weighted by molar-refractivity contribution is 0.0525. The standard InChI is InChI=1S/C15H25N3O2S/c1-4-20-15(19)14-16-13(11-21-14)10-18-7-5-17(6-8-18)9-12(2)3/h11-12H,4-10H2,1-3H3. The van der Waals surface area contributed by atoms with Crippen molar-refractivity contribution in [3.63, 3.8) is 0 Å². The summed E-state index contributed by atoms with van der Waals surface area (Å²) in [6.07, 6.45) is 0. The van der Waals surface area contributed by atoms with E-state index in [1.807, 2.05) is 12.3 Å². The number of rotatable bonds is 6. The highest BCUT2D eigenvalue weighted by molar-refractivity contribution is 7.11. The number of thiazole rings is 1. The van der Waals surface area contributed by atoms with Gasteiger partial charge in [0.2, 0.25) is 5.01 Å². The van der Waals surface area contributed by atoms with Crippen LogP contribution in [0.3, 0.4) is 0 Å². The fourth-order valence-corrected chi connectivity index (χ4v) is 3.24. The van der Waals surface area contributed by atoms with Crippen molar-refractivity contribution in [1.82, 2.24) is 14.8 Å². The average molecular weight is 311 g/mol. The molecule has 1 aliphatic heterocycles. The molecule has 0 spiro atoms. The first-order valence-corrected chi connectivity index (χ1v) is 8.52. The Balaban J connectivity index is 1.80. The quantitative estimate of drug-likeness (QED) is 0.753. The van der Waals surface area contributed by atoms with Gasteiger partial charge in [-0.1, -0.05) is 13.8 Å². The van der Waals surface area contributed by atoms with E-state index in [1.165, 1.54) is 17.9 Å². The van der Waals surface area contributed by atoms with Gasteiger partial charge in [0.15, 0.2) is 0 Å². The lowest BCUT2D eigenvalue weighted by atomic mass is 10.2. The van der Waals surface area contributed by atoms with Crippen LogP contribution in [0.15, 0.2) is 5.38 Å². The molecule has 1 saturated heterocycles. The summed E-state index contributed by atoms with van der Waals surface area (Å²) in [5.74, 6) is 0.415. The van der Waals surface area contributed by atoms with E-state index in [-0.39, 0.29) is 5.97 Å². The molecule has 1 fully saturated rings. The Morgan fingerprint density at radius 1 is 1.33 bits per heavy atom. The third-order valence-corrected chi connectivity index (χ3v) is 4.35. The second kappa shape index (κ2) is 7.87. The summed E-state index contributed by atoms with van der Waals surface area (Å²) >= 11 is 1.37. The van der Waals surface area contributed by atoms with E-state index in [9.17, 15) is 4.79 Å². The highest BCUT2D eigenvalue weighted by Crippen LogP contribution is 2.14. The van der Waals surface area contributed by atoms with E-state index >= 15 is 0 Å². The molecule has 0 aromatic carbocycles. The van der Waals surface area contributed by atoms with Crippen molar-refractivity contribution in [1.29, 1.82) is 0 Å². The minimum Gasteiger partial charge on any atom is -0.461 e. The number of piperazine rings is 1. The fraction of sp³-hybridized carbons (Fsp3) is 0.733. The lowest BCUT2D eigenvalue weighted by Gasteiger charge is -2.35. The van der Waals surface area contributed by atoms with Crippen LogP contribution in [0.2, 0.25) is 0 Å². The van der Waals surface area contributed by atoms with Crippen LogP contribution in [0, 0.1) is 5.92 Å². The number of hydrogen-bond acceptors (Lipinski definition) is 6. The van der Waals surface area contributed by atoms with Crippen molar-refractivity contribution in [2.45, 2.75) is 27.3 Å². The molecule has 21 heavy (non-hydrogen) atoms. The van der Waals surface area contributed by atoms with Gasteiger partial charge in [0.25, 0.3) is 0 Å². The molecule has 1 aromatic heterocycles. The van der Waals surface area contributed by atoms with Crippen LogP contribution in [-0.4, -0.2) is 60.1 Å². The third-order valence-electron chi connectivity index (χ3n) is 3.48. The predicted molar refractivity (Wildman–Crippen MR) is 84.6 cm³/mol. The average Bonchev–Trinajstić information content (AvgIpc) is 2.89. The van der Waals surface area contributed by atoms with Gasteiger partial charge in [-0.2, -0.15) is 0 Å². The second-order valence-corrected chi connectivity index (χ2v) is 6.69. The summed E-state index contributed by atoms with van der Waals surface area (Å²) in [4.78, 5) is 20.9. The molecule has 2 heterocycles. The number of hydrogen-bond donors (Lipinski definition) is 0. The van der Waals surface area contributed by atoms with E-state index in [4.69, 9.17) is 4.74 Å². The molecule has 0 N–H and O–H groups in total. The summed E-state index contributed by atoms with van der Waals surface area (Å²) < 4.78 is 4.97. The molecular weight excluding hydrogens is 286 g/mol. The van der Waals surface area contributed by atoms with Crippen LogP contribution in [0.25, 0.3) is 0 Å². The van der Waals surface area contributed by atoms with Crippen molar-refractivity contribution < 1.29 is 9.53 Å². The van der Waals surface area contributed by atoms with Gasteiger partial charge in [-0.3, -0.25) is 4.90 Å². The number of esters is 1. The molecule has 5 nitrogen and oxygen atoms in total. The zero-order valence-corrected chi connectivity index (χ0v) is 14.0. The number of carbonyl (C=O) groups excluding carboxylic acids is 1. The molecule has 6 heteroatoms. The van der Waals surface area contributed by atoms with Crippen molar-refractivity contribution >= 4 is 17.3 Å². The summed E-state index contributed by atoms with van der Waals surface area (Å²) in [6.45, 7) is 13.1. The molecule has 0 aliphatic carbocycles. The molecule has 118 valence electrons. The van der Waals surface area contributed by atoms with E-state index in [0.717, 1.165) is 44.3 Å². The van der Waals surface area contributed by atoms with E-state index in [1.54, 1.807) is 0 Å². The molecule has 0 atom stereocenters. The maximum Gasteiger partial charge on any atom is 0.367 e. The van der Waals surface area contributed by atoms with Crippen molar-refractivity contribution in [2.24, 2.45) is 5.92 Å². The topological polar surface area (TPSA) is 45.7 Å². The number of nitrogens with zero attached hydrogens (tertiary/aromatic N) is 3. The summed E-state index contributed by atoms with van der Waals surface area (Å²) in [7, 11) is 0. The molecule has 0 bridgehead atoms. The number of aromatic nitrogens is 1. The van der Waals surface area contributed by atoms with Gasteiger partial charge in [-0.05, 0) is 12.8 Å². The smallest absolute Gasteiger partial charge is 0.367 e. The minimum atomic E-state index is -0.310. The van der Waals surface area contributed by atoms with Gasteiger partial charge in [0.1, 0.15) is 0 Å². The van der Waals surface area contributed by atoms with Crippen LogP contribution < -0.4 is 0 Å². The molecule has 0 unspecified atom stereocenters. The molecule has 0 saturated carbocycles. The van der Waals surface area contributed by atoms with Crippen LogP contribution >= 0.6 is 11.3 Å². The summed E-state index contributed by atoms with van der Waals surface area (Å²) in [5, 5.41) is 2.43. The Bertz CT molecular complexity index is 454. The summed E-state index contributed by atoms with van der Waals surface area (Å²) in [6, 6.07) is 0. The molecule has 1 aliphatic rings. The molecule has 0 radical (unpaired) electrons. The fourth-order valence-electron chi connectivity index (χ4n) is 2.54. The SMILES string of the molecule is CCOC(=O)c1nc(CN2CCN(CC(C)C)CC2)cs1. The summed E-state index contributed by atoms with van der Waals surface area (Å²) in [5.41, 5.74) is 0.973. The largest absolute Gasteiger partial charge is 0.461 e. The molecule has 2 rings (SSSR count). The number of ether oxygens (including phenoxy) is 1. The zero-order chi connectivity index (χ0) is 15.2. The van der Waals surface area contributed by atoms with Gasteiger partial charge in [-0.15, -0.1) is 11.3 Å². The maximum atomic E-state index is 11.6. The highest BCUT2D eigenvalue weighted by atomic mass is 32.1. The van der Waals surface area contributed by atoms with Gasteiger partial charge in [0.05, 0.1) is 12.3 Å². The zero-order valence-electron chi connectivity index (χ0n) is 13.2. The van der Waals surface area contributed by atoms with Crippen molar-refractivity contribution in [2.75, 3.05) is 39.3 Å². The van der Waals surface area contributed by atoms with Crippen LogP contribution in [0.1, 0.15) is 36.3 Å². The van der Waals surface area contributed by atoms with Gasteiger partial charge >= 0.3 is 5.97 Å².